The highest BCUT2D eigenvalue weighted by Gasteiger charge is 2.22. The third-order valence-electron chi connectivity index (χ3n) is 3.05. The van der Waals surface area contributed by atoms with Crippen molar-refractivity contribution >= 4 is 11.7 Å². The van der Waals surface area contributed by atoms with Crippen molar-refractivity contribution in [3.63, 3.8) is 0 Å². The van der Waals surface area contributed by atoms with Gasteiger partial charge in [0.1, 0.15) is 5.75 Å². The molecule has 20 heavy (non-hydrogen) atoms. The van der Waals surface area contributed by atoms with Crippen molar-refractivity contribution < 1.29 is 9.90 Å². The van der Waals surface area contributed by atoms with Crippen LogP contribution < -0.4 is 10.6 Å². The van der Waals surface area contributed by atoms with Gasteiger partial charge in [-0.05, 0) is 43.7 Å². The molecule has 0 aliphatic rings. The van der Waals surface area contributed by atoms with Gasteiger partial charge in [-0.1, -0.05) is 30.3 Å². The minimum absolute atomic E-state index is 0.167. The number of nitrogens with one attached hydrogen (secondary N) is 2. The molecule has 4 heteroatoms. The van der Waals surface area contributed by atoms with Gasteiger partial charge < -0.3 is 15.7 Å². The zero-order valence-corrected chi connectivity index (χ0v) is 11.6. The second-order valence-corrected chi connectivity index (χ2v) is 5.12. The average Bonchev–Trinajstić information content (AvgIpc) is 2.42. The van der Waals surface area contributed by atoms with Crippen molar-refractivity contribution in [1.29, 1.82) is 0 Å². The molecule has 4 nitrogen and oxygen atoms in total. The Morgan fingerprint density at radius 1 is 1.00 bits per heavy atom. The van der Waals surface area contributed by atoms with Crippen molar-refractivity contribution in [2.24, 2.45) is 0 Å². The van der Waals surface area contributed by atoms with E-state index in [0.29, 0.717) is 5.69 Å². The molecule has 0 aromatic heterocycles. The molecule has 0 bridgehead atoms. The number of anilines is 1. The lowest BCUT2D eigenvalue weighted by atomic mass is 9.95. The van der Waals surface area contributed by atoms with Gasteiger partial charge in [0.05, 0.1) is 5.54 Å². The number of carbonyl (C=O) groups is 1. The Morgan fingerprint density at radius 2 is 1.60 bits per heavy atom. The molecule has 0 spiro atoms. The third-order valence-corrected chi connectivity index (χ3v) is 3.05. The van der Waals surface area contributed by atoms with Gasteiger partial charge in [0, 0.05) is 5.69 Å². The van der Waals surface area contributed by atoms with Crippen LogP contribution in [0.15, 0.2) is 54.6 Å². The van der Waals surface area contributed by atoms with E-state index in [1.54, 1.807) is 12.1 Å². The van der Waals surface area contributed by atoms with Crippen molar-refractivity contribution in [3.8, 4) is 5.75 Å². The first-order valence-electron chi connectivity index (χ1n) is 6.41. The summed E-state index contributed by atoms with van der Waals surface area (Å²) in [6.07, 6.45) is 0. The van der Waals surface area contributed by atoms with E-state index in [1.165, 1.54) is 12.1 Å². The van der Waals surface area contributed by atoms with Crippen LogP contribution >= 0.6 is 0 Å². The second kappa shape index (κ2) is 5.65. The molecular formula is C16H18N2O2. The lowest BCUT2D eigenvalue weighted by Crippen LogP contribution is -2.43. The SMILES string of the molecule is CC(C)(NC(=O)Nc1ccc(O)cc1)c1ccccc1. The smallest absolute Gasteiger partial charge is 0.319 e. The standard InChI is InChI=1S/C16H18N2O2/c1-16(2,12-6-4-3-5-7-12)18-15(20)17-13-8-10-14(19)11-9-13/h3-11,19H,1-2H3,(H2,17,18,20). The monoisotopic (exact) mass is 270 g/mol. The number of hydrogen-bond donors (Lipinski definition) is 3. The third kappa shape index (κ3) is 3.51. The molecule has 0 fully saturated rings. The van der Waals surface area contributed by atoms with Gasteiger partial charge in [0.2, 0.25) is 0 Å². The topological polar surface area (TPSA) is 61.4 Å². The highest BCUT2D eigenvalue weighted by Crippen LogP contribution is 2.20. The van der Waals surface area contributed by atoms with Gasteiger partial charge in [-0.15, -0.1) is 0 Å². The van der Waals surface area contributed by atoms with Crippen LogP contribution in [0.2, 0.25) is 0 Å². The van der Waals surface area contributed by atoms with E-state index in [9.17, 15) is 9.90 Å². The van der Waals surface area contributed by atoms with E-state index in [0.717, 1.165) is 5.56 Å². The number of phenolic OH excluding ortho intramolecular Hbond substituents is 1. The molecule has 0 heterocycles. The molecule has 0 unspecified atom stereocenters. The number of benzene rings is 2. The molecule has 0 saturated carbocycles. The van der Waals surface area contributed by atoms with Crippen LogP contribution in [0.5, 0.6) is 5.75 Å². The molecule has 0 saturated heterocycles. The van der Waals surface area contributed by atoms with Gasteiger partial charge in [0.15, 0.2) is 0 Å². The number of amides is 2. The van der Waals surface area contributed by atoms with E-state index < -0.39 is 5.54 Å². The van der Waals surface area contributed by atoms with Crippen LogP contribution in [0.3, 0.4) is 0 Å². The van der Waals surface area contributed by atoms with Crippen molar-refractivity contribution in [1.82, 2.24) is 5.32 Å². The average molecular weight is 270 g/mol. The van der Waals surface area contributed by atoms with Crippen LogP contribution in [0, 0.1) is 0 Å². The maximum Gasteiger partial charge on any atom is 0.319 e. The van der Waals surface area contributed by atoms with E-state index in [-0.39, 0.29) is 11.8 Å². The number of hydrogen-bond acceptors (Lipinski definition) is 2. The van der Waals surface area contributed by atoms with Crippen LogP contribution in [0.25, 0.3) is 0 Å². The molecular weight excluding hydrogens is 252 g/mol. The van der Waals surface area contributed by atoms with Gasteiger partial charge >= 0.3 is 6.03 Å². The lowest BCUT2D eigenvalue weighted by molar-refractivity contribution is 0.242. The molecule has 2 rings (SSSR count). The summed E-state index contributed by atoms with van der Waals surface area (Å²) in [5.74, 6) is 0.167. The van der Waals surface area contributed by atoms with E-state index in [2.05, 4.69) is 10.6 Å². The number of aromatic hydroxyl groups is 1. The molecule has 0 atom stereocenters. The Labute approximate surface area is 118 Å². The molecule has 2 aromatic rings. The number of carbonyl (C=O) groups excluding carboxylic acids is 1. The Hall–Kier alpha value is -2.49. The van der Waals surface area contributed by atoms with Crippen LogP contribution in [-0.4, -0.2) is 11.1 Å². The summed E-state index contributed by atoms with van der Waals surface area (Å²) in [6, 6.07) is 15.8. The molecule has 0 aliphatic carbocycles. The maximum absolute atomic E-state index is 12.0. The number of phenols is 1. The van der Waals surface area contributed by atoms with Gasteiger partial charge in [-0.2, -0.15) is 0 Å². The fourth-order valence-corrected chi connectivity index (χ4v) is 1.92. The minimum atomic E-state index is -0.470. The zero-order chi connectivity index (χ0) is 14.6. The fourth-order valence-electron chi connectivity index (χ4n) is 1.92. The van der Waals surface area contributed by atoms with Gasteiger partial charge in [0.25, 0.3) is 0 Å². The first-order valence-corrected chi connectivity index (χ1v) is 6.41. The summed E-state index contributed by atoms with van der Waals surface area (Å²) in [4.78, 5) is 12.0. The minimum Gasteiger partial charge on any atom is -0.508 e. The Balaban J connectivity index is 2.02. The van der Waals surface area contributed by atoms with Crippen LogP contribution in [-0.2, 0) is 5.54 Å². The quantitative estimate of drug-likeness (QED) is 0.748. The zero-order valence-electron chi connectivity index (χ0n) is 11.6. The summed E-state index contributed by atoms with van der Waals surface area (Å²) in [5, 5.41) is 14.9. The van der Waals surface area contributed by atoms with E-state index >= 15 is 0 Å². The van der Waals surface area contributed by atoms with Crippen molar-refractivity contribution in [2.75, 3.05) is 5.32 Å². The predicted molar refractivity (Wildman–Crippen MR) is 79.7 cm³/mol. The molecule has 104 valence electrons. The lowest BCUT2D eigenvalue weighted by Gasteiger charge is -2.27. The van der Waals surface area contributed by atoms with E-state index in [1.807, 2.05) is 44.2 Å². The molecule has 0 aliphatic heterocycles. The summed E-state index contributed by atoms with van der Waals surface area (Å²) in [5.41, 5.74) is 1.19. The Kier molecular flexibility index (Phi) is 3.94. The summed E-state index contributed by atoms with van der Waals surface area (Å²) in [7, 11) is 0. The summed E-state index contributed by atoms with van der Waals surface area (Å²) >= 11 is 0. The number of rotatable bonds is 3. The normalized spacial score (nSPS) is 10.9. The summed E-state index contributed by atoms with van der Waals surface area (Å²) in [6.45, 7) is 3.89. The molecule has 3 N–H and O–H groups in total. The predicted octanol–water partition coefficient (Wildman–Crippen LogP) is 3.45. The largest absolute Gasteiger partial charge is 0.508 e. The Bertz CT molecular complexity index is 577. The molecule has 0 radical (unpaired) electrons. The van der Waals surface area contributed by atoms with Gasteiger partial charge in [-0.3, -0.25) is 0 Å². The van der Waals surface area contributed by atoms with Crippen molar-refractivity contribution in [3.05, 3.63) is 60.2 Å². The first kappa shape index (κ1) is 13.9. The highest BCUT2D eigenvalue weighted by atomic mass is 16.3. The second-order valence-electron chi connectivity index (χ2n) is 5.12. The van der Waals surface area contributed by atoms with Gasteiger partial charge in [-0.25, -0.2) is 4.79 Å². The van der Waals surface area contributed by atoms with Crippen LogP contribution in [0.4, 0.5) is 10.5 Å². The first-order chi connectivity index (χ1) is 9.47. The van der Waals surface area contributed by atoms with Crippen molar-refractivity contribution in [2.45, 2.75) is 19.4 Å². The highest BCUT2D eigenvalue weighted by molar-refractivity contribution is 5.89. The maximum atomic E-state index is 12.0. The van der Waals surface area contributed by atoms with E-state index in [4.69, 9.17) is 0 Å². The molecule has 2 amide bonds. The van der Waals surface area contributed by atoms with Crippen LogP contribution in [0.1, 0.15) is 19.4 Å². The summed E-state index contributed by atoms with van der Waals surface area (Å²) < 4.78 is 0. The Morgan fingerprint density at radius 3 is 2.20 bits per heavy atom. The molecule has 2 aromatic carbocycles. The number of urea groups is 1. The fraction of sp³-hybridized carbons (Fsp3) is 0.188.